The van der Waals surface area contributed by atoms with Gasteiger partial charge in [-0.2, -0.15) is 0 Å². The normalized spacial score (nSPS) is 15.4. The lowest BCUT2D eigenvalue weighted by Gasteiger charge is -2.05. The fourth-order valence-electron chi connectivity index (χ4n) is 4.22. The standard InChI is InChI=1S/C22H20BrN2.BrH/c23-18-11-9-17(10-12-18)21-15-24-14-20(16-6-2-1-3-7-16)19-8-4-5-13-25(21)22(19)24;/h1-3,6-7,9-12,15H,4-5,8,13-14H2;1H/q+1;/p-1. The summed E-state index contributed by atoms with van der Waals surface area (Å²) in [5.74, 6) is 1.43. The molecule has 0 unspecified atom stereocenters. The minimum atomic E-state index is 0. The van der Waals surface area contributed by atoms with Crippen molar-refractivity contribution < 1.29 is 21.5 Å². The van der Waals surface area contributed by atoms with Gasteiger partial charge >= 0.3 is 0 Å². The number of benzene rings is 2. The molecule has 0 atom stereocenters. The molecule has 26 heavy (non-hydrogen) atoms. The lowest BCUT2D eigenvalue weighted by Crippen LogP contribution is -3.00. The van der Waals surface area contributed by atoms with Crippen LogP contribution >= 0.6 is 15.9 Å². The molecule has 0 saturated heterocycles. The monoisotopic (exact) mass is 470 g/mol. The van der Waals surface area contributed by atoms with Gasteiger partial charge in [0.15, 0.2) is 5.69 Å². The van der Waals surface area contributed by atoms with E-state index in [-0.39, 0.29) is 17.0 Å². The first-order valence-electron chi connectivity index (χ1n) is 8.98. The van der Waals surface area contributed by atoms with Gasteiger partial charge in [0.2, 0.25) is 0 Å². The zero-order chi connectivity index (χ0) is 16.8. The van der Waals surface area contributed by atoms with Crippen molar-refractivity contribution in [3.63, 3.8) is 0 Å². The molecule has 0 saturated carbocycles. The molecule has 0 bridgehead atoms. The maximum Gasteiger partial charge on any atom is 0.285 e. The second-order valence-electron chi connectivity index (χ2n) is 6.90. The summed E-state index contributed by atoms with van der Waals surface area (Å²) in [4.78, 5) is 0. The summed E-state index contributed by atoms with van der Waals surface area (Å²) in [7, 11) is 0. The number of hydrogen-bond acceptors (Lipinski definition) is 0. The van der Waals surface area contributed by atoms with Crippen molar-refractivity contribution in [1.29, 1.82) is 0 Å². The van der Waals surface area contributed by atoms with Gasteiger partial charge in [0.05, 0.1) is 6.54 Å². The zero-order valence-corrected chi connectivity index (χ0v) is 17.6. The summed E-state index contributed by atoms with van der Waals surface area (Å²) in [6.45, 7) is 2.10. The van der Waals surface area contributed by atoms with Crippen molar-refractivity contribution in [3.05, 3.63) is 76.7 Å². The van der Waals surface area contributed by atoms with E-state index in [2.05, 4.69) is 85.9 Å². The Hall–Kier alpha value is -1.65. The Morgan fingerprint density at radius 2 is 1.62 bits per heavy atom. The van der Waals surface area contributed by atoms with Crippen molar-refractivity contribution in [3.8, 4) is 11.3 Å². The van der Waals surface area contributed by atoms with E-state index in [9.17, 15) is 0 Å². The highest BCUT2D eigenvalue weighted by Gasteiger charge is 2.36. The van der Waals surface area contributed by atoms with E-state index in [0.29, 0.717) is 0 Å². The predicted molar refractivity (Wildman–Crippen MR) is 105 cm³/mol. The summed E-state index contributed by atoms with van der Waals surface area (Å²) in [6.07, 6.45) is 6.05. The first-order chi connectivity index (χ1) is 12.3. The summed E-state index contributed by atoms with van der Waals surface area (Å²) in [5.41, 5.74) is 7.07. The molecule has 2 aliphatic rings. The minimum absolute atomic E-state index is 0. The molecular formula is C22H20Br2N2. The van der Waals surface area contributed by atoms with Crippen LogP contribution in [0.1, 0.15) is 30.7 Å². The van der Waals surface area contributed by atoms with Crippen LogP contribution in [0.25, 0.3) is 22.4 Å². The summed E-state index contributed by atoms with van der Waals surface area (Å²) >= 11 is 3.55. The van der Waals surface area contributed by atoms with Crippen LogP contribution in [0.4, 0.5) is 0 Å². The Morgan fingerprint density at radius 1 is 0.846 bits per heavy atom. The lowest BCUT2D eigenvalue weighted by atomic mass is 9.98. The number of hydrogen-bond donors (Lipinski definition) is 0. The highest BCUT2D eigenvalue weighted by molar-refractivity contribution is 9.10. The van der Waals surface area contributed by atoms with E-state index in [1.165, 1.54) is 47.5 Å². The number of halogens is 2. The van der Waals surface area contributed by atoms with E-state index in [1.807, 2.05) is 0 Å². The Morgan fingerprint density at radius 3 is 2.38 bits per heavy atom. The average Bonchev–Trinajstić information content (AvgIpc) is 3.08. The largest absolute Gasteiger partial charge is 1.00 e. The molecule has 3 heterocycles. The molecule has 0 amide bonds. The van der Waals surface area contributed by atoms with Crippen molar-refractivity contribution in [2.24, 2.45) is 0 Å². The molecule has 2 nitrogen and oxygen atoms in total. The lowest BCUT2D eigenvalue weighted by molar-refractivity contribution is -0.681. The maximum absolute atomic E-state index is 3.55. The second kappa shape index (κ2) is 7.16. The molecule has 4 heteroatoms. The van der Waals surface area contributed by atoms with Crippen molar-refractivity contribution >= 4 is 27.1 Å². The Balaban J connectivity index is 0.00000168. The van der Waals surface area contributed by atoms with Crippen molar-refractivity contribution in [2.75, 3.05) is 0 Å². The van der Waals surface area contributed by atoms with Gasteiger partial charge in [-0.25, -0.2) is 9.13 Å². The second-order valence-corrected chi connectivity index (χ2v) is 7.82. The number of imidazole rings is 1. The van der Waals surface area contributed by atoms with E-state index in [0.717, 1.165) is 17.6 Å². The smallest absolute Gasteiger partial charge is 0.285 e. The summed E-state index contributed by atoms with van der Waals surface area (Å²) in [6, 6.07) is 19.6. The van der Waals surface area contributed by atoms with Crippen LogP contribution in [0.15, 0.2) is 65.3 Å². The molecule has 2 aliphatic heterocycles. The van der Waals surface area contributed by atoms with Gasteiger partial charge in [-0.3, -0.25) is 0 Å². The molecular weight excluding hydrogens is 452 g/mol. The molecule has 1 aromatic heterocycles. The maximum atomic E-state index is 3.55. The number of aromatic nitrogens is 2. The van der Waals surface area contributed by atoms with Crippen LogP contribution in [-0.4, -0.2) is 4.57 Å². The van der Waals surface area contributed by atoms with Crippen LogP contribution in [0.5, 0.6) is 0 Å². The van der Waals surface area contributed by atoms with Gasteiger partial charge in [0.25, 0.3) is 5.82 Å². The number of nitrogens with zero attached hydrogens (tertiary/aromatic N) is 2. The molecule has 0 fully saturated rings. The SMILES string of the molecule is Brc1ccc(-c2c[n+]3c4n2CCCCC4=C(c2ccccc2)C3)cc1.[Br-]. The van der Waals surface area contributed by atoms with E-state index in [1.54, 1.807) is 5.57 Å². The number of allylic oxidation sites excluding steroid dienone is 2. The van der Waals surface area contributed by atoms with E-state index in [4.69, 9.17) is 0 Å². The van der Waals surface area contributed by atoms with Crippen LogP contribution < -0.4 is 21.5 Å². The fourth-order valence-corrected chi connectivity index (χ4v) is 4.49. The van der Waals surface area contributed by atoms with Crippen LogP contribution in [0, 0.1) is 0 Å². The quantitative estimate of drug-likeness (QED) is 0.507. The summed E-state index contributed by atoms with van der Waals surface area (Å²) < 4.78 is 6.13. The molecule has 0 aliphatic carbocycles. The molecule has 132 valence electrons. The minimum Gasteiger partial charge on any atom is -1.00 e. The third-order valence-electron chi connectivity index (χ3n) is 5.38. The Kier molecular flexibility index (Phi) is 4.89. The van der Waals surface area contributed by atoms with Crippen molar-refractivity contribution in [1.82, 2.24) is 4.57 Å². The topological polar surface area (TPSA) is 8.81 Å². The van der Waals surface area contributed by atoms with Crippen molar-refractivity contribution in [2.45, 2.75) is 32.4 Å². The van der Waals surface area contributed by atoms with Gasteiger partial charge in [-0.15, -0.1) is 0 Å². The van der Waals surface area contributed by atoms with Crippen LogP contribution in [0.3, 0.4) is 0 Å². The van der Waals surface area contributed by atoms with Crippen LogP contribution in [-0.2, 0) is 13.1 Å². The molecule has 2 aromatic carbocycles. The first-order valence-corrected chi connectivity index (χ1v) is 9.77. The highest BCUT2D eigenvalue weighted by atomic mass is 79.9. The third kappa shape index (κ3) is 2.89. The first kappa shape index (κ1) is 17.7. The third-order valence-corrected chi connectivity index (χ3v) is 5.91. The average molecular weight is 472 g/mol. The zero-order valence-electron chi connectivity index (χ0n) is 14.5. The van der Waals surface area contributed by atoms with Gasteiger partial charge in [-0.1, -0.05) is 46.3 Å². The number of rotatable bonds is 2. The molecule has 5 rings (SSSR count). The highest BCUT2D eigenvalue weighted by Crippen LogP contribution is 2.38. The van der Waals surface area contributed by atoms with E-state index < -0.39 is 0 Å². The molecule has 0 spiro atoms. The Labute approximate surface area is 173 Å². The molecule has 0 N–H and O–H groups in total. The molecule has 0 radical (unpaired) electrons. The fraction of sp³-hybridized carbons (Fsp3) is 0.227. The van der Waals surface area contributed by atoms with Gasteiger partial charge < -0.3 is 17.0 Å². The Bertz CT molecular complexity index is 969. The van der Waals surface area contributed by atoms with E-state index >= 15 is 0 Å². The van der Waals surface area contributed by atoms with Gasteiger partial charge in [-0.05, 0) is 49.1 Å². The predicted octanol–water partition coefficient (Wildman–Crippen LogP) is 2.32. The van der Waals surface area contributed by atoms with Crippen LogP contribution in [0.2, 0.25) is 0 Å². The van der Waals surface area contributed by atoms with Gasteiger partial charge in [0.1, 0.15) is 12.7 Å². The molecule has 3 aromatic rings. The van der Waals surface area contributed by atoms with Gasteiger partial charge in [0, 0.05) is 21.2 Å². The summed E-state index contributed by atoms with van der Waals surface area (Å²) in [5, 5.41) is 0.